The summed E-state index contributed by atoms with van der Waals surface area (Å²) in [6.07, 6.45) is 0.816. The van der Waals surface area contributed by atoms with Gasteiger partial charge in [-0.15, -0.1) is 0 Å². The normalized spacial score (nSPS) is 12.6. The fourth-order valence-electron chi connectivity index (χ4n) is 4.88. The highest BCUT2D eigenvalue weighted by Gasteiger charge is 2.35. The van der Waals surface area contributed by atoms with E-state index >= 15 is 0 Å². The zero-order chi connectivity index (χ0) is 34.1. The van der Waals surface area contributed by atoms with E-state index in [1.54, 1.807) is 36.4 Å². The Balaban J connectivity index is 1.84. The van der Waals surface area contributed by atoms with E-state index in [0.717, 1.165) is 9.87 Å². The number of rotatable bonds is 14. The molecule has 2 atom stereocenters. The second kappa shape index (κ2) is 16.4. The largest absolute Gasteiger partial charge is 0.497 e. The third-order valence-electron chi connectivity index (χ3n) is 7.68. The van der Waals surface area contributed by atoms with Gasteiger partial charge in [-0.1, -0.05) is 84.2 Å². The summed E-state index contributed by atoms with van der Waals surface area (Å²) in [6.45, 7) is 3.00. The molecule has 4 aromatic carbocycles. The highest BCUT2D eigenvalue weighted by Crippen LogP contribution is 2.30. The number of nitrogens with zero attached hydrogens (tertiary/aromatic N) is 2. The highest BCUT2D eigenvalue weighted by atomic mass is 35.5. The lowest BCUT2D eigenvalue weighted by molar-refractivity contribution is -0.140. The molecule has 0 unspecified atom stereocenters. The number of methoxy groups -OCH3 is 1. The van der Waals surface area contributed by atoms with Gasteiger partial charge >= 0.3 is 0 Å². The van der Waals surface area contributed by atoms with Crippen molar-refractivity contribution in [3.63, 3.8) is 0 Å². The summed E-state index contributed by atoms with van der Waals surface area (Å²) in [4.78, 5) is 29.9. The number of ether oxygens (including phenoxy) is 1. The lowest BCUT2D eigenvalue weighted by Gasteiger charge is -2.34. The number of hydrogen-bond acceptors (Lipinski definition) is 5. The van der Waals surface area contributed by atoms with Crippen LogP contribution in [0.2, 0.25) is 15.1 Å². The molecule has 0 aromatic heterocycles. The Morgan fingerprint density at radius 1 is 0.872 bits per heavy atom. The van der Waals surface area contributed by atoms with E-state index < -0.39 is 34.4 Å². The summed E-state index contributed by atoms with van der Waals surface area (Å²) in [5.74, 6) is -0.585. The molecule has 0 saturated carbocycles. The lowest BCUT2D eigenvalue weighted by atomic mass is 10.0. The van der Waals surface area contributed by atoms with Crippen LogP contribution in [0.25, 0.3) is 0 Å². The number of anilines is 1. The van der Waals surface area contributed by atoms with Crippen molar-refractivity contribution in [1.29, 1.82) is 0 Å². The van der Waals surface area contributed by atoms with Crippen molar-refractivity contribution in [3.05, 3.63) is 123 Å². The number of sulfonamides is 1. The van der Waals surface area contributed by atoms with E-state index in [1.807, 2.05) is 44.2 Å². The maximum Gasteiger partial charge on any atom is 0.264 e. The third-order valence-corrected chi connectivity index (χ3v) is 10.4. The van der Waals surface area contributed by atoms with E-state index in [0.29, 0.717) is 27.8 Å². The van der Waals surface area contributed by atoms with Crippen LogP contribution in [-0.4, -0.2) is 50.9 Å². The Morgan fingerprint density at radius 3 is 2.11 bits per heavy atom. The number of carbonyl (C=O) groups excluding carboxylic acids is 2. The van der Waals surface area contributed by atoms with Crippen LogP contribution in [-0.2, 0) is 32.6 Å². The minimum absolute atomic E-state index is 0.0675. The van der Waals surface area contributed by atoms with Crippen molar-refractivity contribution in [2.24, 2.45) is 0 Å². The van der Waals surface area contributed by atoms with Gasteiger partial charge in [-0.2, -0.15) is 0 Å². The molecule has 0 radical (unpaired) electrons. The second-order valence-electron chi connectivity index (χ2n) is 10.9. The molecule has 4 rings (SSSR count). The summed E-state index contributed by atoms with van der Waals surface area (Å²) in [5.41, 5.74) is 1.39. The van der Waals surface area contributed by atoms with Crippen molar-refractivity contribution in [1.82, 2.24) is 10.2 Å². The van der Waals surface area contributed by atoms with Crippen LogP contribution in [0.1, 0.15) is 31.4 Å². The molecule has 248 valence electrons. The van der Waals surface area contributed by atoms with Gasteiger partial charge in [0.2, 0.25) is 11.8 Å². The number of halogens is 3. The Labute approximate surface area is 291 Å². The molecule has 0 aliphatic heterocycles. The first-order chi connectivity index (χ1) is 22.4. The van der Waals surface area contributed by atoms with Gasteiger partial charge in [-0.05, 0) is 73.5 Å². The molecule has 12 heteroatoms. The third kappa shape index (κ3) is 9.20. The maximum absolute atomic E-state index is 14.6. The van der Waals surface area contributed by atoms with Gasteiger partial charge in [0, 0.05) is 39.6 Å². The average Bonchev–Trinajstić information content (AvgIpc) is 3.06. The summed E-state index contributed by atoms with van der Waals surface area (Å²) < 4.78 is 34.6. The van der Waals surface area contributed by atoms with Crippen LogP contribution in [0.3, 0.4) is 0 Å². The molecule has 4 aromatic rings. The molecule has 0 heterocycles. The molecule has 0 saturated heterocycles. The van der Waals surface area contributed by atoms with Gasteiger partial charge in [0.1, 0.15) is 18.3 Å². The molecule has 0 bridgehead atoms. The number of amides is 2. The Bertz CT molecular complexity index is 1770. The highest BCUT2D eigenvalue weighted by molar-refractivity contribution is 7.92. The minimum atomic E-state index is -4.32. The first-order valence-corrected chi connectivity index (χ1v) is 17.5. The molecule has 0 spiro atoms. The fraction of sp³-hybridized carbons (Fsp3) is 0.257. The van der Waals surface area contributed by atoms with Gasteiger partial charge < -0.3 is 15.0 Å². The van der Waals surface area contributed by atoms with Crippen molar-refractivity contribution >= 4 is 62.3 Å². The zero-order valence-electron chi connectivity index (χ0n) is 26.2. The van der Waals surface area contributed by atoms with Crippen LogP contribution in [0.5, 0.6) is 5.75 Å². The number of benzene rings is 4. The molecule has 0 fully saturated rings. The van der Waals surface area contributed by atoms with Gasteiger partial charge in [0.05, 0.1) is 17.7 Å². The summed E-state index contributed by atoms with van der Waals surface area (Å²) >= 11 is 19.4. The van der Waals surface area contributed by atoms with Gasteiger partial charge in [0.25, 0.3) is 10.0 Å². The van der Waals surface area contributed by atoms with Crippen LogP contribution in [0, 0.1) is 0 Å². The SMILES string of the molecule is CC[C@H](C)NC(=O)[C@H](Cc1ccccc1)N(Cc1c(Cl)cccc1Cl)C(=O)CN(c1cccc(Cl)c1)S(=O)(=O)c1ccc(OC)cc1. The summed E-state index contributed by atoms with van der Waals surface area (Å²) in [7, 11) is -2.85. The maximum atomic E-state index is 14.6. The monoisotopic (exact) mass is 715 g/mol. The molecule has 2 amide bonds. The van der Waals surface area contributed by atoms with Crippen molar-refractivity contribution in [2.75, 3.05) is 18.0 Å². The zero-order valence-corrected chi connectivity index (χ0v) is 29.3. The number of hydrogen-bond donors (Lipinski definition) is 1. The predicted molar refractivity (Wildman–Crippen MR) is 188 cm³/mol. The molecule has 0 aliphatic carbocycles. The predicted octanol–water partition coefficient (Wildman–Crippen LogP) is 7.41. The van der Waals surface area contributed by atoms with Crippen LogP contribution in [0.4, 0.5) is 5.69 Å². The molecule has 0 aliphatic rings. The molecule has 8 nitrogen and oxygen atoms in total. The number of carbonyl (C=O) groups is 2. The van der Waals surface area contributed by atoms with E-state index in [9.17, 15) is 18.0 Å². The van der Waals surface area contributed by atoms with E-state index in [-0.39, 0.29) is 34.6 Å². The lowest BCUT2D eigenvalue weighted by Crippen LogP contribution is -2.54. The Morgan fingerprint density at radius 2 is 1.51 bits per heavy atom. The van der Waals surface area contributed by atoms with E-state index in [1.165, 1.54) is 42.3 Å². The average molecular weight is 717 g/mol. The number of nitrogens with one attached hydrogen (secondary N) is 1. The van der Waals surface area contributed by atoms with Crippen LogP contribution >= 0.6 is 34.8 Å². The Hall–Kier alpha value is -3.76. The van der Waals surface area contributed by atoms with Gasteiger partial charge in [0.15, 0.2) is 0 Å². The molecule has 47 heavy (non-hydrogen) atoms. The second-order valence-corrected chi connectivity index (χ2v) is 14.0. The summed E-state index contributed by atoms with van der Waals surface area (Å²) in [5, 5.41) is 3.88. The van der Waals surface area contributed by atoms with Crippen LogP contribution < -0.4 is 14.4 Å². The van der Waals surface area contributed by atoms with Crippen LogP contribution in [0.15, 0.2) is 102 Å². The molecular weight excluding hydrogens is 681 g/mol. The van der Waals surface area contributed by atoms with Gasteiger partial charge in [-0.3, -0.25) is 13.9 Å². The smallest absolute Gasteiger partial charge is 0.264 e. The molecular formula is C35H36Cl3N3O5S. The standard InChI is InChI=1S/C35H36Cl3N3O5S/c1-4-24(2)39-35(43)33(20-25-10-6-5-7-11-25)40(22-30-31(37)14-9-15-32(30)38)34(42)23-41(27-13-8-12-26(36)21-27)47(44,45)29-18-16-28(46-3)17-19-29/h5-19,21,24,33H,4,20,22-23H2,1-3H3,(H,39,43)/t24-,33-/m0/s1. The topological polar surface area (TPSA) is 96.0 Å². The van der Waals surface area contributed by atoms with E-state index in [2.05, 4.69) is 5.32 Å². The minimum Gasteiger partial charge on any atom is -0.497 e. The van der Waals surface area contributed by atoms with Crippen molar-refractivity contribution in [3.8, 4) is 5.75 Å². The quantitative estimate of drug-likeness (QED) is 0.147. The Kier molecular flexibility index (Phi) is 12.6. The van der Waals surface area contributed by atoms with Gasteiger partial charge in [-0.25, -0.2) is 8.42 Å². The van der Waals surface area contributed by atoms with Crippen molar-refractivity contribution in [2.45, 2.75) is 50.2 Å². The first kappa shape index (κ1) is 36.1. The first-order valence-electron chi connectivity index (χ1n) is 14.9. The molecule has 1 N–H and O–H groups in total. The van der Waals surface area contributed by atoms with Crippen molar-refractivity contribution < 1.29 is 22.7 Å². The van der Waals surface area contributed by atoms with E-state index in [4.69, 9.17) is 39.5 Å². The summed E-state index contributed by atoms with van der Waals surface area (Å²) in [6, 6.07) is 25.1. The fourth-order valence-corrected chi connectivity index (χ4v) is 6.99.